The molecular formula is C18H30FN4O5P. The van der Waals surface area contributed by atoms with E-state index in [4.69, 9.17) is 15.2 Å². The van der Waals surface area contributed by atoms with Crippen molar-refractivity contribution < 1.29 is 19.5 Å². The zero-order valence-corrected chi connectivity index (χ0v) is 18.3. The molecule has 0 aliphatic carbocycles. The van der Waals surface area contributed by atoms with E-state index in [-0.39, 0.29) is 25.4 Å². The van der Waals surface area contributed by atoms with Crippen molar-refractivity contribution in [1.82, 2.24) is 14.2 Å². The molecule has 1 saturated heterocycles. The maximum atomic E-state index is 13.7. The number of H-pyrrole nitrogens is 1. The summed E-state index contributed by atoms with van der Waals surface area (Å²) >= 11 is 0. The molecule has 0 spiro atoms. The minimum Gasteiger partial charge on any atom is -0.425 e. The lowest BCUT2D eigenvalue weighted by Gasteiger charge is -2.36. The van der Waals surface area contributed by atoms with Crippen molar-refractivity contribution in [1.29, 1.82) is 0 Å². The Balaban J connectivity index is 2.26. The average Bonchev–Trinajstić information content (AvgIpc) is 3.06. The number of nitrogens with zero attached hydrogens (tertiary/aromatic N) is 3. The summed E-state index contributed by atoms with van der Waals surface area (Å²) in [6.45, 7) is 10.4. The van der Waals surface area contributed by atoms with Gasteiger partial charge >= 0.3 is 14.2 Å². The monoisotopic (exact) mass is 433 g/mol. The van der Waals surface area contributed by atoms with Crippen LogP contribution in [0.5, 0.6) is 0 Å². The van der Waals surface area contributed by atoms with Gasteiger partial charge in [0.05, 0.1) is 18.4 Å². The molecule has 164 valence electrons. The molecule has 2 heterocycles. The fourth-order valence-electron chi connectivity index (χ4n) is 3.03. The van der Waals surface area contributed by atoms with Gasteiger partial charge in [-0.1, -0.05) is 0 Å². The number of aromatic nitrogens is 2. The van der Waals surface area contributed by atoms with Crippen LogP contribution in [0.25, 0.3) is 0 Å². The summed E-state index contributed by atoms with van der Waals surface area (Å²) in [6, 6.07) is 0.240. The smallest absolute Gasteiger partial charge is 0.330 e. The second-order valence-corrected chi connectivity index (χ2v) is 8.53. The van der Waals surface area contributed by atoms with Gasteiger partial charge in [-0.15, -0.1) is 0 Å². The Hall–Kier alpha value is -1.61. The quantitative estimate of drug-likeness (QED) is 0.365. The third kappa shape index (κ3) is 5.94. The number of aliphatic imine (C=N–C) groups is 1. The first-order valence-corrected chi connectivity index (χ1v) is 10.7. The molecule has 0 bridgehead atoms. The van der Waals surface area contributed by atoms with Gasteiger partial charge in [0.2, 0.25) is 5.82 Å². The fourth-order valence-corrected chi connectivity index (χ4v) is 4.65. The van der Waals surface area contributed by atoms with Crippen LogP contribution in [-0.2, 0) is 13.8 Å². The van der Waals surface area contributed by atoms with E-state index in [0.29, 0.717) is 6.54 Å². The molecule has 1 fully saturated rings. The van der Waals surface area contributed by atoms with Crippen LogP contribution in [0.4, 0.5) is 4.39 Å². The van der Waals surface area contributed by atoms with Crippen molar-refractivity contribution in [3.05, 3.63) is 32.9 Å². The van der Waals surface area contributed by atoms with Gasteiger partial charge in [0.15, 0.2) is 6.40 Å². The highest BCUT2D eigenvalue weighted by Gasteiger charge is 2.39. The molecule has 1 aliphatic rings. The van der Waals surface area contributed by atoms with E-state index in [0.717, 1.165) is 10.8 Å². The summed E-state index contributed by atoms with van der Waals surface area (Å²) in [5.74, 6) is -1.09. The van der Waals surface area contributed by atoms with Gasteiger partial charge in [-0.2, -0.15) is 4.39 Å². The zero-order valence-electron chi connectivity index (χ0n) is 18.4. The number of hydrogen-bond acceptors (Lipinski definition) is 7. The van der Waals surface area contributed by atoms with E-state index < -0.39 is 44.0 Å². The van der Waals surface area contributed by atoms with Gasteiger partial charge < -0.3 is 13.8 Å². The molecule has 0 aromatic carbocycles. The highest BCUT2D eigenvalue weighted by molar-refractivity contribution is 7.45. The molecule has 0 radical (unpaired) electrons. The Morgan fingerprint density at radius 1 is 1.48 bits per heavy atom. The van der Waals surface area contributed by atoms with Crippen LogP contribution in [-0.4, -0.2) is 51.5 Å². The van der Waals surface area contributed by atoms with Crippen LogP contribution in [0, 0.1) is 5.82 Å². The molecule has 1 N–H and O–H groups in total. The average molecular weight is 433 g/mol. The molecule has 11 heteroatoms. The number of aromatic amines is 1. The van der Waals surface area contributed by atoms with Crippen LogP contribution in [0.3, 0.4) is 0 Å². The summed E-state index contributed by atoms with van der Waals surface area (Å²) in [5.41, 5.74) is -1.87. The molecule has 0 amide bonds. The van der Waals surface area contributed by atoms with Gasteiger partial charge in [-0.05, 0) is 41.5 Å². The molecule has 29 heavy (non-hydrogen) atoms. The number of ether oxygens (including phenoxy) is 1. The lowest BCUT2D eigenvalue weighted by Crippen LogP contribution is -2.35. The lowest BCUT2D eigenvalue weighted by atomic mass is 10.2. The fraction of sp³-hybridized carbons (Fsp3) is 0.722. The highest BCUT2D eigenvalue weighted by Crippen LogP contribution is 2.49. The maximum Gasteiger partial charge on any atom is 0.330 e. The van der Waals surface area contributed by atoms with E-state index in [1.165, 1.54) is 6.40 Å². The Morgan fingerprint density at radius 3 is 2.76 bits per heavy atom. The Bertz CT molecular complexity index is 826. The summed E-state index contributed by atoms with van der Waals surface area (Å²) in [5, 5.41) is 0. The minimum atomic E-state index is -1.56. The third-order valence-electron chi connectivity index (χ3n) is 4.28. The Kier molecular flexibility index (Phi) is 7.94. The van der Waals surface area contributed by atoms with E-state index in [1.54, 1.807) is 0 Å². The molecule has 4 atom stereocenters. The molecule has 1 aromatic heterocycles. The van der Waals surface area contributed by atoms with Crippen molar-refractivity contribution >= 4 is 14.9 Å². The molecule has 2 rings (SSSR count). The first kappa shape index (κ1) is 22.1. The van der Waals surface area contributed by atoms with Gasteiger partial charge in [-0.25, -0.2) is 9.46 Å². The van der Waals surface area contributed by atoms with Gasteiger partial charge in [-0.3, -0.25) is 19.3 Å². The number of halogens is 1. The van der Waals surface area contributed by atoms with Crippen molar-refractivity contribution in [2.45, 2.75) is 78.5 Å². The molecule has 9 nitrogen and oxygen atoms in total. The van der Waals surface area contributed by atoms with Crippen LogP contribution in [0.1, 0.15) is 55.5 Å². The largest absolute Gasteiger partial charge is 0.425 e. The molecule has 1 aromatic rings. The summed E-state index contributed by atoms with van der Waals surface area (Å²) in [4.78, 5) is 29.4. The van der Waals surface area contributed by atoms with Gasteiger partial charge in [0, 0.05) is 26.4 Å². The van der Waals surface area contributed by atoms with Crippen molar-refractivity contribution in [3.63, 3.8) is 0 Å². The lowest BCUT2D eigenvalue weighted by molar-refractivity contribution is -0.00822. The van der Waals surface area contributed by atoms with E-state index >= 15 is 0 Å². The van der Waals surface area contributed by atoms with Gasteiger partial charge in [0.1, 0.15) is 6.23 Å². The van der Waals surface area contributed by atoms with Gasteiger partial charge in [0.25, 0.3) is 5.56 Å². The SMILES string of the molecule is [2H]CC1OC(n2cc(F)c(=O)[nH]c2=O)C[C@H]1OP(O/C=N/CC)N(C(C)C)C(C)C. The third-order valence-corrected chi connectivity index (χ3v) is 6.31. The Morgan fingerprint density at radius 2 is 2.17 bits per heavy atom. The second-order valence-electron chi connectivity index (χ2n) is 7.17. The van der Waals surface area contributed by atoms with E-state index in [9.17, 15) is 14.0 Å². The second kappa shape index (κ2) is 10.4. The van der Waals surface area contributed by atoms with Crippen LogP contribution in [0.15, 0.2) is 20.8 Å². The normalized spacial score (nSPS) is 24.0. The van der Waals surface area contributed by atoms with E-state index in [2.05, 4.69) is 9.66 Å². The predicted octanol–water partition coefficient (Wildman–Crippen LogP) is 2.78. The van der Waals surface area contributed by atoms with Crippen molar-refractivity contribution in [2.75, 3.05) is 6.54 Å². The number of hydrogen-bond donors (Lipinski definition) is 1. The summed E-state index contributed by atoms with van der Waals surface area (Å²) in [6.07, 6.45) is 0.319. The standard InChI is InChI=1S/C18H30FN4O5P/c1-7-20-10-26-29(23(11(2)3)12(4)5)28-15-8-16(27-13(15)6)22-9-14(19)17(24)21-18(22)25/h9-13,15-16H,7-8H2,1-6H3,(H,21,24,25)/b20-10+/t13?,15-,16?,29?/m1/s1/i6D. The molecule has 0 saturated carbocycles. The first-order chi connectivity index (χ1) is 14.2. The van der Waals surface area contributed by atoms with Crippen LogP contribution in [0.2, 0.25) is 0 Å². The van der Waals surface area contributed by atoms with E-state index in [1.807, 2.05) is 39.6 Å². The van der Waals surface area contributed by atoms with Crippen molar-refractivity contribution in [2.24, 2.45) is 4.99 Å². The summed E-state index contributed by atoms with van der Waals surface area (Å²) < 4.78 is 42.4. The summed E-state index contributed by atoms with van der Waals surface area (Å²) in [7, 11) is -1.56. The minimum absolute atomic E-state index is 0.114. The van der Waals surface area contributed by atoms with Crippen molar-refractivity contribution in [3.8, 4) is 0 Å². The predicted molar refractivity (Wildman–Crippen MR) is 110 cm³/mol. The number of rotatable bonds is 9. The molecular weight excluding hydrogens is 402 g/mol. The number of nitrogens with one attached hydrogen (secondary N) is 1. The topological polar surface area (TPSA) is 98.2 Å². The molecule has 1 aliphatic heterocycles. The first-order valence-electron chi connectivity index (χ1n) is 10.3. The van der Waals surface area contributed by atoms with Crippen LogP contribution >= 0.6 is 8.53 Å². The van der Waals surface area contributed by atoms with Crippen LogP contribution < -0.4 is 11.2 Å². The molecule has 3 unspecified atom stereocenters. The Labute approximate surface area is 172 Å². The zero-order chi connectivity index (χ0) is 22.4. The highest BCUT2D eigenvalue weighted by atomic mass is 31.2. The maximum absolute atomic E-state index is 13.7.